The maximum atomic E-state index is 13.2. The zero-order chi connectivity index (χ0) is 17.5. The highest BCUT2D eigenvalue weighted by Gasteiger charge is 2.15. The van der Waals surface area contributed by atoms with Crippen LogP contribution in [0.4, 0.5) is 15.8 Å². The summed E-state index contributed by atoms with van der Waals surface area (Å²) >= 11 is 0. The molecule has 0 unspecified atom stereocenters. The van der Waals surface area contributed by atoms with Crippen LogP contribution in [0.25, 0.3) is 0 Å². The van der Waals surface area contributed by atoms with Gasteiger partial charge in [0.2, 0.25) is 0 Å². The molecule has 1 N–H and O–H groups in total. The first-order valence-electron chi connectivity index (χ1n) is 8.02. The first kappa shape index (κ1) is 17.9. The molecule has 24 heavy (non-hydrogen) atoms. The van der Waals surface area contributed by atoms with Gasteiger partial charge in [0, 0.05) is 13.1 Å². The van der Waals surface area contributed by atoms with E-state index in [9.17, 15) is 14.5 Å². The van der Waals surface area contributed by atoms with E-state index < -0.39 is 10.7 Å². The summed E-state index contributed by atoms with van der Waals surface area (Å²) in [6.07, 6.45) is 0. The van der Waals surface area contributed by atoms with Crippen molar-refractivity contribution in [1.82, 2.24) is 4.90 Å². The number of hydrogen-bond acceptors (Lipinski definition) is 4. The average molecular weight is 331 g/mol. The van der Waals surface area contributed by atoms with Crippen molar-refractivity contribution in [1.29, 1.82) is 0 Å². The fourth-order valence-corrected chi connectivity index (χ4v) is 2.57. The second kappa shape index (κ2) is 8.40. The van der Waals surface area contributed by atoms with Crippen LogP contribution >= 0.6 is 0 Å². The second-order valence-corrected chi connectivity index (χ2v) is 5.50. The molecule has 2 aromatic rings. The van der Waals surface area contributed by atoms with E-state index >= 15 is 0 Å². The molecule has 0 radical (unpaired) electrons. The zero-order valence-corrected chi connectivity index (χ0v) is 14.0. The van der Waals surface area contributed by atoms with Crippen molar-refractivity contribution in [3.63, 3.8) is 0 Å². The summed E-state index contributed by atoms with van der Waals surface area (Å²) in [6.45, 7) is 7.43. The van der Waals surface area contributed by atoms with Gasteiger partial charge >= 0.3 is 0 Å². The van der Waals surface area contributed by atoms with Crippen molar-refractivity contribution in [2.45, 2.75) is 26.9 Å². The second-order valence-electron chi connectivity index (χ2n) is 5.50. The Bertz CT molecular complexity index is 702. The molecule has 0 spiro atoms. The van der Waals surface area contributed by atoms with E-state index in [0.717, 1.165) is 31.3 Å². The zero-order valence-electron chi connectivity index (χ0n) is 14.0. The Labute approximate surface area is 141 Å². The molecule has 0 bridgehead atoms. The smallest absolute Gasteiger partial charge is 0.295 e. The van der Waals surface area contributed by atoms with Crippen molar-refractivity contribution in [3.8, 4) is 0 Å². The quantitative estimate of drug-likeness (QED) is 0.582. The number of nitrogens with one attached hydrogen (secondary N) is 1. The molecule has 0 amide bonds. The van der Waals surface area contributed by atoms with E-state index in [1.54, 1.807) is 0 Å². The summed E-state index contributed by atoms with van der Waals surface area (Å²) in [7, 11) is 0. The summed E-state index contributed by atoms with van der Waals surface area (Å²) in [5.74, 6) is -0.616. The SMILES string of the molecule is CCN(CC)Cc1ccccc1CNc1ccc(F)cc1[N+](=O)[O-]. The first-order chi connectivity index (χ1) is 11.5. The predicted octanol–water partition coefficient (Wildman–Crippen LogP) is 4.19. The largest absolute Gasteiger partial charge is 0.375 e. The molecular weight excluding hydrogens is 309 g/mol. The number of benzene rings is 2. The van der Waals surface area contributed by atoms with Crippen LogP contribution in [-0.2, 0) is 13.1 Å². The minimum Gasteiger partial charge on any atom is -0.375 e. The van der Waals surface area contributed by atoms with Crippen molar-refractivity contribution in [2.75, 3.05) is 18.4 Å². The van der Waals surface area contributed by atoms with Crippen LogP contribution in [0, 0.1) is 15.9 Å². The third kappa shape index (κ3) is 4.52. The highest BCUT2D eigenvalue weighted by molar-refractivity contribution is 5.61. The Hall–Kier alpha value is -2.47. The van der Waals surface area contributed by atoms with Crippen LogP contribution in [-0.4, -0.2) is 22.9 Å². The van der Waals surface area contributed by atoms with Crippen LogP contribution in [0.1, 0.15) is 25.0 Å². The maximum absolute atomic E-state index is 13.2. The molecule has 0 aromatic heterocycles. The number of hydrogen-bond donors (Lipinski definition) is 1. The van der Waals surface area contributed by atoms with Crippen molar-refractivity contribution in [3.05, 3.63) is 69.5 Å². The summed E-state index contributed by atoms with van der Waals surface area (Å²) in [5.41, 5.74) is 2.32. The molecule has 2 aromatic carbocycles. The first-order valence-corrected chi connectivity index (χ1v) is 8.02. The van der Waals surface area contributed by atoms with Gasteiger partial charge in [-0.15, -0.1) is 0 Å². The summed E-state index contributed by atoms with van der Waals surface area (Å²) in [4.78, 5) is 12.8. The topological polar surface area (TPSA) is 58.4 Å². The number of anilines is 1. The number of nitro groups is 1. The van der Waals surface area contributed by atoms with Gasteiger partial charge in [0.1, 0.15) is 11.5 Å². The molecule has 0 aliphatic rings. The molecule has 6 heteroatoms. The van der Waals surface area contributed by atoms with Crippen LogP contribution in [0.3, 0.4) is 0 Å². The van der Waals surface area contributed by atoms with Gasteiger partial charge in [-0.25, -0.2) is 4.39 Å². The lowest BCUT2D eigenvalue weighted by atomic mass is 10.1. The van der Waals surface area contributed by atoms with E-state index in [0.29, 0.717) is 12.2 Å². The maximum Gasteiger partial charge on any atom is 0.295 e. The van der Waals surface area contributed by atoms with E-state index in [4.69, 9.17) is 0 Å². The highest BCUT2D eigenvalue weighted by atomic mass is 19.1. The highest BCUT2D eigenvalue weighted by Crippen LogP contribution is 2.26. The number of nitrogens with zero attached hydrogens (tertiary/aromatic N) is 2. The minimum atomic E-state index is -0.616. The summed E-state index contributed by atoms with van der Waals surface area (Å²) < 4.78 is 13.2. The van der Waals surface area contributed by atoms with Gasteiger partial charge in [-0.1, -0.05) is 38.1 Å². The van der Waals surface area contributed by atoms with Gasteiger partial charge < -0.3 is 5.32 Å². The normalized spacial score (nSPS) is 10.8. The van der Waals surface area contributed by atoms with Gasteiger partial charge in [-0.05, 0) is 36.3 Å². The minimum absolute atomic E-state index is 0.253. The molecule has 2 rings (SSSR count). The van der Waals surface area contributed by atoms with Gasteiger partial charge in [0.15, 0.2) is 0 Å². The molecule has 0 atom stereocenters. The van der Waals surface area contributed by atoms with Crippen molar-refractivity contribution >= 4 is 11.4 Å². The number of halogens is 1. The lowest BCUT2D eigenvalue weighted by molar-refractivity contribution is -0.384. The molecular formula is C18H22FN3O2. The average Bonchev–Trinajstić information content (AvgIpc) is 2.59. The van der Waals surface area contributed by atoms with Crippen LogP contribution in [0.5, 0.6) is 0 Å². The molecule has 128 valence electrons. The molecule has 0 saturated heterocycles. The molecule has 0 saturated carbocycles. The van der Waals surface area contributed by atoms with Gasteiger partial charge in [-0.2, -0.15) is 0 Å². The monoisotopic (exact) mass is 331 g/mol. The molecule has 0 aliphatic carbocycles. The van der Waals surface area contributed by atoms with Crippen molar-refractivity contribution in [2.24, 2.45) is 0 Å². The summed E-state index contributed by atoms with van der Waals surface area (Å²) in [5, 5.41) is 14.1. The fourth-order valence-electron chi connectivity index (χ4n) is 2.57. The van der Waals surface area contributed by atoms with Gasteiger partial charge in [0.25, 0.3) is 5.69 Å². The van der Waals surface area contributed by atoms with Crippen LogP contribution < -0.4 is 5.32 Å². The van der Waals surface area contributed by atoms with E-state index in [2.05, 4.69) is 30.1 Å². The van der Waals surface area contributed by atoms with Gasteiger partial charge in [0.05, 0.1) is 11.0 Å². The fraction of sp³-hybridized carbons (Fsp3) is 0.333. The molecule has 5 nitrogen and oxygen atoms in total. The third-order valence-corrected chi connectivity index (χ3v) is 4.03. The van der Waals surface area contributed by atoms with Crippen LogP contribution in [0.2, 0.25) is 0 Å². The van der Waals surface area contributed by atoms with Crippen LogP contribution in [0.15, 0.2) is 42.5 Å². The van der Waals surface area contributed by atoms with E-state index in [-0.39, 0.29) is 5.69 Å². The lowest BCUT2D eigenvalue weighted by Gasteiger charge is -2.20. The summed E-state index contributed by atoms with van der Waals surface area (Å²) in [6, 6.07) is 11.6. The number of nitro benzene ring substituents is 1. The number of rotatable bonds is 8. The Morgan fingerprint density at radius 2 is 1.79 bits per heavy atom. The molecule has 0 aliphatic heterocycles. The Balaban J connectivity index is 2.17. The van der Waals surface area contributed by atoms with E-state index in [1.165, 1.54) is 17.7 Å². The van der Waals surface area contributed by atoms with E-state index in [1.807, 2.05) is 18.2 Å². The molecule has 0 fully saturated rings. The molecule has 0 heterocycles. The standard InChI is InChI=1S/C18H22FN3O2/c1-3-21(4-2)13-15-8-6-5-7-14(15)12-20-17-10-9-16(19)11-18(17)22(23)24/h5-11,20H,3-4,12-13H2,1-2H3. The third-order valence-electron chi connectivity index (χ3n) is 4.03. The Morgan fingerprint density at radius 3 is 2.42 bits per heavy atom. The van der Waals surface area contributed by atoms with Gasteiger partial charge in [-0.3, -0.25) is 15.0 Å². The Kier molecular flexibility index (Phi) is 6.26. The Morgan fingerprint density at radius 1 is 1.12 bits per heavy atom. The van der Waals surface area contributed by atoms with Crippen molar-refractivity contribution < 1.29 is 9.31 Å². The predicted molar refractivity (Wildman–Crippen MR) is 93.4 cm³/mol. The lowest BCUT2D eigenvalue weighted by Crippen LogP contribution is -2.23.